The molecular formula is C39H39F3N8O3. The molecule has 4 amide bonds. The Morgan fingerprint density at radius 2 is 1.70 bits per heavy atom. The molecule has 5 heterocycles. The molecule has 11 nitrogen and oxygen atoms in total. The Balaban J connectivity index is 0.845. The Morgan fingerprint density at radius 3 is 2.47 bits per heavy atom. The molecule has 274 valence electrons. The van der Waals surface area contributed by atoms with Gasteiger partial charge in [-0.15, -0.1) is 0 Å². The minimum Gasteiger partial charge on any atom is -0.321 e. The molecule has 1 aliphatic carbocycles. The fourth-order valence-electron chi connectivity index (χ4n) is 8.17. The van der Waals surface area contributed by atoms with Gasteiger partial charge in [0.05, 0.1) is 23.4 Å². The van der Waals surface area contributed by atoms with Gasteiger partial charge in [-0.2, -0.15) is 18.3 Å². The maximum absolute atomic E-state index is 13.1. The van der Waals surface area contributed by atoms with Crippen molar-refractivity contribution in [1.82, 2.24) is 30.0 Å². The molecule has 3 fully saturated rings. The second kappa shape index (κ2) is 14.2. The SMILES string of the molecule is O=C1CCN(c2cncc3c(C4CCN(C[C@H]5CC[C@H](n6cc7cc(NC(=O)c8cccc(C(F)(F)F)n8)ccc7n6)CC5)CC4)cccc23)C(=O)N1. The van der Waals surface area contributed by atoms with Gasteiger partial charge < -0.3 is 10.2 Å². The van der Waals surface area contributed by atoms with Gasteiger partial charge in [0.15, 0.2) is 0 Å². The minimum atomic E-state index is -4.63. The molecule has 14 heteroatoms. The van der Waals surface area contributed by atoms with Crippen molar-refractivity contribution < 1.29 is 27.6 Å². The molecule has 3 aliphatic rings. The Labute approximate surface area is 303 Å². The number of piperidine rings is 1. The van der Waals surface area contributed by atoms with Gasteiger partial charge in [0.25, 0.3) is 5.91 Å². The van der Waals surface area contributed by atoms with Crippen LogP contribution >= 0.6 is 0 Å². The van der Waals surface area contributed by atoms with E-state index in [1.807, 2.05) is 23.1 Å². The van der Waals surface area contributed by atoms with E-state index >= 15 is 0 Å². The van der Waals surface area contributed by atoms with Crippen molar-refractivity contribution in [2.45, 2.75) is 63.1 Å². The summed E-state index contributed by atoms with van der Waals surface area (Å²) in [6, 6.07) is 14.7. The summed E-state index contributed by atoms with van der Waals surface area (Å²) in [5, 5.41) is 12.8. The number of carbonyl (C=O) groups excluding carboxylic acids is 3. The fourth-order valence-corrected chi connectivity index (χ4v) is 8.17. The zero-order valence-electron chi connectivity index (χ0n) is 29.0. The molecular weight excluding hydrogens is 685 g/mol. The number of carbonyl (C=O) groups is 3. The number of alkyl halides is 3. The summed E-state index contributed by atoms with van der Waals surface area (Å²) >= 11 is 0. The largest absolute Gasteiger partial charge is 0.433 e. The van der Waals surface area contributed by atoms with E-state index in [9.17, 15) is 27.6 Å². The van der Waals surface area contributed by atoms with E-state index in [0.717, 1.165) is 91.6 Å². The van der Waals surface area contributed by atoms with Crippen molar-refractivity contribution in [2.75, 3.05) is 36.4 Å². The first kappa shape index (κ1) is 34.7. The van der Waals surface area contributed by atoms with Gasteiger partial charge in [-0.05, 0) is 99.3 Å². The molecule has 5 aromatic rings. The highest BCUT2D eigenvalue weighted by atomic mass is 19.4. The molecule has 0 atom stereocenters. The van der Waals surface area contributed by atoms with E-state index in [2.05, 4.69) is 37.6 Å². The molecule has 0 bridgehead atoms. The van der Waals surface area contributed by atoms with Crippen LogP contribution in [0.25, 0.3) is 21.7 Å². The van der Waals surface area contributed by atoms with Crippen LogP contribution in [0.3, 0.4) is 0 Å². The van der Waals surface area contributed by atoms with Crippen molar-refractivity contribution in [2.24, 2.45) is 5.92 Å². The van der Waals surface area contributed by atoms with Crippen LogP contribution in [0.2, 0.25) is 0 Å². The molecule has 2 N–H and O–H groups in total. The fraction of sp³-hybridized carbons (Fsp3) is 0.385. The number of urea groups is 1. The number of aromatic nitrogens is 4. The lowest BCUT2D eigenvalue weighted by molar-refractivity contribution is -0.141. The highest BCUT2D eigenvalue weighted by molar-refractivity contribution is 6.10. The zero-order chi connectivity index (χ0) is 36.7. The van der Waals surface area contributed by atoms with Crippen LogP contribution in [0.4, 0.5) is 29.3 Å². The number of amides is 4. The predicted octanol–water partition coefficient (Wildman–Crippen LogP) is 7.31. The van der Waals surface area contributed by atoms with E-state index in [4.69, 9.17) is 5.10 Å². The maximum Gasteiger partial charge on any atom is 0.433 e. The number of fused-ring (bicyclic) bond motifs is 2. The van der Waals surface area contributed by atoms with E-state index in [-0.39, 0.29) is 24.1 Å². The van der Waals surface area contributed by atoms with E-state index in [1.165, 1.54) is 17.7 Å². The lowest BCUT2D eigenvalue weighted by atomic mass is 9.84. The number of nitrogens with one attached hydrogen (secondary N) is 2. The standard InChI is InChI=1S/C39H39F3N8O3/c40-39(41,42)35-6-2-5-33(45-35)37(52)44-27-9-12-32-26(19-27)23-50(47-32)28-10-7-24(8-11-28)22-48-16-13-25(14-17-48)29-3-1-4-30-31(29)20-43-21-34(30)49-18-15-36(51)46-38(49)53/h1-6,9,12,19-21,23-25,28H,7-8,10-11,13-18,22H2,(H,44,52)(H,46,51,53)/t24-,28-. The number of hydrogen-bond donors (Lipinski definition) is 2. The van der Waals surface area contributed by atoms with Crippen LogP contribution < -0.4 is 15.5 Å². The smallest absolute Gasteiger partial charge is 0.321 e. The highest BCUT2D eigenvalue weighted by Gasteiger charge is 2.33. The van der Waals surface area contributed by atoms with Crippen LogP contribution in [-0.2, 0) is 11.0 Å². The van der Waals surface area contributed by atoms with Gasteiger partial charge in [-0.25, -0.2) is 9.78 Å². The topological polar surface area (TPSA) is 125 Å². The van der Waals surface area contributed by atoms with Crippen molar-refractivity contribution in [3.63, 3.8) is 0 Å². The summed E-state index contributed by atoms with van der Waals surface area (Å²) in [6.07, 6.45) is 7.59. The van der Waals surface area contributed by atoms with Crippen molar-refractivity contribution >= 4 is 50.9 Å². The number of halogens is 3. The average Bonchev–Trinajstić information content (AvgIpc) is 3.58. The van der Waals surface area contributed by atoms with Gasteiger partial charge in [0, 0.05) is 53.8 Å². The van der Waals surface area contributed by atoms with Crippen LogP contribution in [0.5, 0.6) is 0 Å². The number of likely N-dealkylation sites (tertiary alicyclic amines) is 1. The van der Waals surface area contributed by atoms with Gasteiger partial charge in [-0.3, -0.25) is 29.5 Å². The molecule has 2 aromatic carbocycles. The number of anilines is 2. The first-order valence-corrected chi connectivity index (χ1v) is 18.1. The molecule has 2 aliphatic heterocycles. The van der Waals surface area contributed by atoms with Crippen molar-refractivity contribution in [3.05, 3.63) is 90.1 Å². The van der Waals surface area contributed by atoms with Gasteiger partial charge in [-0.1, -0.05) is 24.3 Å². The van der Waals surface area contributed by atoms with Gasteiger partial charge in [0.2, 0.25) is 5.91 Å². The number of imide groups is 1. The van der Waals surface area contributed by atoms with Gasteiger partial charge >= 0.3 is 12.2 Å². The highest BCUT2D eigenvalue weighted by Crippen LogP contribution is 2.38. The molecule has 0 unspecified atom stereocenters. The third-order valence-electron chi connectivity index (χ3n) is 10.9. The number of hydrogen-bond acceptors (Lipinski definition) is 7. The predicted molar refractivity (Wildman–Crippen MR) is 194 cm³/mol. The Morgan fingerprint density at radius 1 is 0.906 bits per heavy atom. The molecule has 2 saturated heterocycles. The molecule has 1 saturated carbocycles. The first-order valence-electron chi connectivity index (χ1n) is 18.1. The number of nitrogens with zero attached hydrogens (tertiary/aromatic N) is 6. The summed E-state index contributed by atoms with van der Waals surface area (Å²) in [5.41, 5.74) is 1.82. The quantitative estimate of drug-likeness (QED) is 0.180. The third-order valence-corrected chi connectivity index (χ3v) is 10.9. The number of rotatable bonds is 7. The first-order chi connectivity index (χ1) is 25.6. The second-order valence-corrected chi connectivity index (χ2v) is 14.3. The summed E-state index contributed by atoms with van der Waals surface area (Å²) in [4.78, 5) is 49.1. The van der Waals surface area contributed by atoms with Crippen molar-refractivity contribution in [3.8, 4) is 0 Å². The second-order valence-electron chi connectivity index (χ2n) is 14.3. The molecule has 0 radical (unpaired) electrons. The lowest BCUT2D eigenvalue weighted by Gasteiger charge is -2.37. The molecule has 0 spiro atoms. The summed E-state index contributed by atoms with van der Waals surface area (Å²) in [7, 11) is 0. The molecule has 53 heavy (non-hydrogen) atoms. The van der Waals surface area contributed by atoms with Gasteiger partial charge in [0.1, 0.15) is 11.4 Å². The van der Waals surface area contributed by atoms with Crippen molar-refractivity contribution in [1.29, 1.82) is 0 Å². The monoisotopic (exact) mass is 724 g/mol. The molecule has 8 rings (SSSR count). The number of pyridine rings is 2. The van der Waals surface area contributed by atoms with E-state index in [1.54, 1.807) is 29.3 Å². The third kappa shape index (κ3) is 7.32. The van der Waals surface area contributed by atoms with Crippen LogP contribution in [0.15, 0.2) is 73.2 Å². The van der Waals surface area contributed by atoms with Crippen LogP contribution in [-0.4, -0.2) is 68.7 Å². The van der Waals surface area contributed by atoms with E-state index in [0.29, 0.717) is 24.1 Å². The number of benzene rings is 2. The Kier molecular flexibility index (Phi) is 9.31. The Hall–Kier alpha value is -5.37. The minimum absolute atomic E-state index is 0.256. The van der Waals surface area contributed by atoms with Crippen LogP contribution in [0, 0.1) is 5.92 Å². The van der Waals surface area contributed by atoms with E-state index < -0.39 is 23.8 Å². The maximum atomic E-state index is 13.1. The molecule has 3 aromatic heterocycles. The Bertz CT molecular complexity index is 2190. The van der Waals surface area contributed by atoms with Crippen LogP contribution in [0.1, 0.15) is 78.7 Å². The summed E-state index contributed by atoms with van der Waals surface area (Å²) in [5.74, 6) is 0.0506. The lowest BCUT2D eigenvalue weighted by Crippen LogP contribution is -2.49. The average molecular weight is 725 g/mol. The summed E-state index contributed by atoms with van der Waals surface area (Å²) < 4.78 is 41.2. The summed E-state index contributed by atoms with van der Waals surface area (Å²) in [6.45, 7) is 3.47. The zero-order valence-corrected chi connectivity index (χ0v) is 29.0. The normalized spacial score (nSPS) is 20.5.